The number of halogens is 3. The minimum Gasteiger partial charge on any atom is -0.272 e. The highest BCUT2D eigenvalue weighted by Crippen LogP contribution is 2.39. The first-order chi connectivity index (χ1) is 6.95. The van der Waals surface area contributed by atoms with Crippen molar-refractivity contribution in [3.63, 3.8) is 0 Å². The van der Waals surface area contributed by atoms with Gasteiger partial charge in [0, 0.05) is 5.92 Å². The second-order valence-corrected chi connectivity index (χ2v) is 3.81. The van der Waals surface area contributed by atoms with Crippen LogP contribution in [0.5, 0.6) is 0 Å². The summed E-state index contributed by atoms with van der Waals surface area (Å²) in [6.45, 7) is 0. The van der Waals surface area contributed by atoms with Crippen molar-refractivity contribution in [2.75, 3.05) is 0 Å². The molecule has 1 amide bonds. The fourth-order valence-electron chi connectivity index (χ4n) is 1.80. The largest absolute Gasteiger partial charge is 0.391 e. The molecule has 1 aliphatic carbocycles. The normalized spacial score (nSPS) is 26.9. The topological polar surface area (TPSA) is 29.4 Å². The zero-order chi connectivity index (χ0) is 11.5. The van der Waals surface area contributed by atoms with Crippen LogP contribution in [0.3, 0.4) is 0 Å². The minimum absolute atomic E-state index is 0.00680. The van der Waals surface area contributed by atoms with Gasteiger partial charge in [0.2, 0.25) is 0 Å². The number of carbonyl (C=O) groups is 1. The molecular formula is C9H10F3NOS. The van der Waals surface area contributed by atoms with Crippen LogP contribution in [0.1, 0.15) is 25.7 Å². The molecule has 0 N–H and O–H groups in total. The molecule has 0 aromatic heterocycles. The molecular weight excluding hydrogens is 227 g/mol. The summed E-state index contributed by atoms with van der Waals surface area (Å²) in [5, 5.41) is 1.94. The van der Waals surface area contributed by atoms with E-state index in [1.165, 1.54) is 0 Å². The molecule has 84 valence electrons. The molecule has 15 heavy (non-hydrogen) atoms. The van der Waals surface area contributed by atoms with Crippen molar-refractivity contribution in [2.45, 2.75) is 31.9 Å². The second-order valence-electron chi connectivity index (χ2n) is 3.63. The molecule has 1 aliphatic rings. The molecule has 2 nitrogen and oxygen atoms in total. The van der Waals surface area contributed by atoms with Crippen LogP contribution in [0.25, 0.3) is 0 Å². The van der Waals surface area contributed by atoms with Crippen molar-refractivity contribution in [3.8, 4) is 0 Å². The van der Waals surface area contributed by atoms with Crippen molar-refractivity contribution in [1.29, 1.82) is 0 Å². The highest BCUT2D eigenvalue weighted by molar-refractivity contribution is 7.78. The fourth-order valence-corrected chi connectivity index (χ4v) is 1.89. The first kappa shape index (κ1) is 12.3. The number of hydrogen-bond acceptors (Lipinski definition) is 2. The third-order valence-electron chi connectivity index (χ3n) is 2.70. The van der Waals surface area contributed by atoms with E-state index in [9.17, 15) is 18.0 Å². The Hall–Kier alpha value is -0.740. The Morgan fingerprint density at radius 3 is 2.20 bits per heavy atom. The van der Waals surface area contributed by atoms with Crippen molar-refractivity contribution >= 4 is 23.3 Å². The third kappa shape index (κ3) is 3.39. The van der Waals surface area contributed by atoms with Gasteiger partial charge in [-0.2, -0.15) is 18.2 Å². The van der Waals surface area contributed by atoms with Crippen molar-refractivity contribution in [3.05, 3.63) is 0 Å². The van der Waals surface area contributed by atoms with Gasteiger partial charge in [0.15, 0.2) is 0 Å². The van der Waals surface area contributed by atoms with Gasteiger partial charge in [-0.1, -0.05) is 0 Å². The molecule has 0 unspecified atom stereocenters. The lowest BCUT2D eigenvalue weighted by molar-refractivity contribution is -0.184. The Morgan fingerprint density at radius 1 is 1.27 bits per heavy atom. The van der Waals surface area contributed by atoms with E-state index in [2.05, 4.69) is 17.2 Å². The first-order valence-electron chi connectivity index (χ1n) is 4.63. The maximum atomic E-state index is 12.3. The van der Waals surface area contributed by atoms with E-state index in [1.54, 1.807) is 0 Å². The van der Waals surface area contributed by atoms with Gasteiger partial charge < -0.3 is 0 Å². The number of hydrogen-bond donors (Lipinski definition) is 0. The van der Waals surface area contributed by atoms with Crippen molar-refractivity contribution < 1.29 is 18.0 Å². The van der Waals surface area contributed by atoms with E-state index in [1.807, 2.05) is 5.16 Å². The molecule has 1 rings (SSSR count). The predicted molar refractivity (Wildman–Crippen MR) is 51.5 cm³/mol. The van der Waals surface area contributed by atoms with E-state index < -0.39 is 23.9 Å². The van der Waals surface area contributed by atoms with Gasteiger partial charge in [0.05, 0.1) is 11.1 Å². The molecule has 6 heteroatoms. The molecule has 0 atom stereocenters. The Balaban J connectivity index is 2.49. The van der Waals surface area contributed by atoms with Crippen LogP contribution in [0.15, 0.2) is 4.99 Å². The lowest BCUT2D eigenvalue weighted by Crippen LogP contribution is -2.29. The number of carbonyl (C=O) groups excluding carboxylic acids is 1. The average molecular weight is 237 g/mol. The second kappa shape index (κ2) is 4.86. The summed E-state index contributed by atoms with van der Waals surface area (Å²) >= 11 is 4.26. The molecule has 0 radical (unpaired) electrons. The number of isothiocyanates is 1. The summed E-state index contributed by atoms with van der Waals surface area (Å²) in [5.74, 6) is -2.11. The van der Waals surface area contributed by atoms with E-state index >= 15 is 0 Å². The Kier molecular flexibility index (Phi) is 3.99. The third-order valence-corrected chi connectivity index (χ3v) is 2.79. The standard InChI is InChI=1S/C9H10F3NOS/c10-9(11,12)7-3-1-6(2-4-7)8(14)13-5-15/h6-7H,1-4H2. The molecule has 0 aliphatic heterocycles. The minimum atomic E-state index is -4.14. The van der Waals surface area contributed by atoms with Crippen LogP contribution < -0.4 is 0 Å². The summed E-state index contributed by atoms with van der Waals surface area (Å²) in [6, 6.07) is 0. The number of aliphatic imine (C=N–C) groups is 1. The highest BCUT2D eigenvalue weighted by atomic mass is 32.1. The number of amides is 1. The maximum absolute atomic E-state index is 12.3. The molecule has 0 heterocycles. The van der Waals surface area contributed by atoms with Crippen LogP contribution in [-0.4, -0.2) is 17.2 Å². The zero-order valence-electron chi connectivity index (χ0n) is 7.88. The van der Waals surface area contributed by atoms with Gasteiger partial charge in [0.25, 0.3) is 5.91 Å². The van der Waals surface area contributed by atoms with Gasteiger partial charge in [-0.15, -0.1) is 0 Å². The molecule has 0 saturated heterocycles. The SMILES string of the molecule is O=C(N=C=S)C1CCC(C(F)(F)F)CC1. The van der Waals surface area contributed by atoms with Gasteiger partial charge in [-0.25, -0.2) is 0 Å². The van der Waals surface area contributed by atoms with Crippen LogP contribution in [0.4, 0.5) is 13.2 Å². The Morgan fingerprint density at radius 2 is 1.80 bits per heavy atom. The van der Waals surface area contributed by atoms with E-state index in [-0.39, 0.29) is 25.7 Å². The van der Waals surface area contributed by atoms with Crippen LogP contribution in [0.2, 0.25) is 0 Å². The van der Waals surface area contributed by atoms with Gasteiger partial charge in [-0.3, -0.25) is 4.79 Å². The predicted octanol–water partition coefficient (Wildman–Crippen LogP) is 2.98. The fraction of sp³-hybridized carbons (Fsp3) is 0.778. The number of thiocarbonyl (C=S) groups is 1. The molecule has 0 spiro atoms. The highest BCUT2D eigenvalue weighted by Gasteiger charge is 2.42. The number of nitrogens with zero attached hydrogens (tertiary/aromatic N) is 1. The molecule has 0 aromatic carbocycles. The summed E-state index contributed by atoms with van der Waals surface area (Å²) < 4.78 is 36.8. The summed E-state index contributed by atoms with van der Waals surface area (Å²) in [4.78, 5) is 14.5. The lowest BCUT2D eigenvalue weighted by atomic mass is 9.81. The summed E-state index contributed by atoms with van der Waals surface area (Å²) in [5.41, 5.74) is 0. The zero-order valence-corrected chi connectivity index (χ0v) is 8.70. The molecule has 0 bridgehead atoms. The van der Waals surface area contributed by atoms with E-state index in [0.29, 0.717) is 0 Å². The monoisotopic (exact) mass is 237 g/mol. The smallest absolute Gasteiger partial charge is 0.272 e. The molecule has 1 saturated carbocycles. The summed E-state index contributed by atoms with van der Waals surface area (Å²) in [6.07, 6.45) is -3.64. The summed E-state index contributed by atoms with van der Waals surface area (Å²) in [7, 11) is 0. The van der Waals surface area contributed by atoms with E-state index in [4.69, 9.17) is 0 Å². The van der Waals surface area contributed by atoms with Gasteiger partial charge in [0.1, 0.15) is 0 Å². The van der Waals surface area contributed by atoms with Crippen molar-refractivity contribution in [1.82, 2.24) is 0 Å². The number of alkyl halides is 3. The van der Waals surface area contributed by atoms with Crippen LogP contribution in [0, 0.1) is 11.8 Å². The lowest BCUT2D eigenvalue weighted by Gasteiger charge is -2.27. The van der Waals surface area contributed by atoms with Crippen molar-refractivity contribution in [2.24, 2.45) is 16.8 Å². The Labute approximate surface area is 90.6 Å². The van der Waals surface area contributed by atoms with Gasteiger partial charge >= 0.3 is 6.18 Å². The van der Waals surface area contributed by atoms with Gasteiger partial charge in [-0.05, 0) is 37.9 Å². The van der Waals surface area contributed by atoms with Crippen LogP contribution >= 0.6 is 12.2 Å². The Bertz CT molecular complexity index is 288. The average Bonchev–Trinajstić information content (AvgIpc) is 2.17. The van der Waals surface area contributed by atoms with E-state index in [0.717, 1.165) is 0 Å². The quantitative estimate of drug-likeness (QED) is 0.518. The number of rotatable bonds is 1. The first-order valence-corrected chi connectivity index (χ1v) is 5.04. The maximum Gasteiger partial charge on any atom is 0.391 e. The van der Waals surface area contributed by atoms with Crippen LogP contribution in [-0.2, 0) is 4.79 Å². The molecule has 1 fully saturated rings. The molecule has 0 aromatic rings.